The quantitative estimate of drug-likeness (QED) is 0.374. The van der Waals surface area contributed by atoms with Crippen LogP contribution in [-0.4, -0.2) is 23.1 Å². The topological polar surface area (TPSA) is 103 Å². The number of hydrogen-bond donors (Lipinski definition) is 2. The number of aliphatic imine (C=N–C) groups is 1. The molecule has 0 fully saturated rings. The lowest BCUT2D eigenvalue weighted by Crippen LogP contribution is -2.34. The third kappa shape index (κ3) is 5.37. The number of benzene rings is 1. The maximum atomic E-state index is 10.4. The van der Waals surface area contributed by atoms with Crippen LogP contribution in [0.3, 0.4) is 0 Å². The molecular weight excluding hydrogens is 268 g/mol. The molecule has 3 N–H and O–H groups in total. The monoisotopic (exact) mass is 286 g/mol. The van der Waals surface area contributed by atoms with E-state index < -0.39 is 5.97 Å². The van der Waals surface area contributed by atoms with Crippen LogP contribution in [0.1, 0.15) is 25.8 Å². The van der Waals surface area contributed by atoms with E-state index in [0.717, 1.165) is 5.56 Å². The minimum Gasteiger partial charge on any atom is -0.481 e. The van der Waals surface area contributed by atoms with Crippen LogP contribution >= 0.6 is 0 Å². The molecule has 0 aliphatic rings. The molecular formula is C15H18N4O2. The maximum Gasteiger partial charge on any atom is 0.307 e. The number of hydrogen-bond acceptors (Lipinski definition) is 3. The summed E-state index contributed by atoms with van der Waals surface area (Å²) in [4.78, 5) is 15.8. The van der Waals surface area contributed by atoms with E-state index in [1.54, 1.807) is 36.4 Å². The molecule has 6 heteroatoms. The Kier molecular flexibility index (Phi) is 5.96. The van der Waals surface area contributed by atoms with E-state index in [4.69, 9.17) is 10.8 Å². The molecule has 0 radical (unpaired) electrons. The third-order valence-electron chi connectivity index (χ3n) is 2.47. The normalized spacial score (nSPS) is 11.6. The molecule has 0 spiro atoms. The van der Waals surface area contributed by atoms with Gasteiger partial charge in [-0.2, -0.15) is 5.26 Å². The molecule has 1 aromatic carbocycles. The molecule has 0 aromatic heterocycles. The van der Waals surface area contributed by atoms with Gasteiger partial charge in [0.15, 0.2) is 6.19 Å². The predicted octanol–water partition coefficient (Wildman–Crippen LogP) is 2.19. The molecule has 1 rings (SSSR count). The second kappa shape index (κ2) is 7.70. The Morgan fingerprint density at radius 2 is 2.10 bits per heavy atom. The highest BCUT2D eigenvalue weighted by Crippen LogP contribution is 2.15. The van der Waals surface area contributed by atoms with Gasteiger partial charge >= 0.3 is 5.97 Å². The highest BCUT2D eigenvalue weighted by Gasteiger charge is 2.10. The van der Waals surface area contributed by atoms with Crippen molar-refractivity contribution < 1.29 is 9.90 Å². The molecule has 0 saturated heterocycles. The summed E-state index contributed by atoms with van der Waals surface area (Å²) < 4.78 is 0. The van der Waals surface area contributed by atoms with Gasteiger partial charge in [0.2, 0.25) is 5.96 Å². The van der Waals surface area contributed by atoms with Crippen LogP contribution in [-0.2, 0) is 4.79 Å². The van der Waals surface area contributed by atoms with E-state index in [1.165, 1.54) is 4.90 Å². The van der Waals surface area contributed by atoms with Gasteiger partial charge in [-0.15, -0.1) is 0 Å². The Morgan fingerprint density at radius 3 is 2.57 bits per heavy atom. The Labute approximate surface area is 123 Å². The van der Waals surface area contributed by atoms with Crippen molar-refractivity contribution in [1.29, 1.82) is 5.26 Å². The van der Waals surface area contributed by atoms with Crippen LogP contribution in [0.25, 0.3) is 6.08 Å². The van der Waals surface area contributed by atoms with Crippen LogP contribution in [0.2, 0.25) is 0 Å². The highest BCUT2D eigenvalue weighted by molar-refractivity contribution is 5.97. The zero-order chi connectivity index (χ0) is 15.8. The van der Waals surface area contributed by atoms with Gasteiger partial charge in [0, 0.05) is 6.04 Å². The third-order valence-corrected chi connectivity index (χ3v) is 2.47. The number of carboxylic acids is 1. The van der Waals surface area contributed by atoms with Crippen LogP contribution < -0.4 is 10.6 Å². The molecule has 0 bridgehead atoms. The molecule has 0 unspecified atom stereocenters. The number of nitrogens with zero attached hydrogens (tertiary/aromatic N) is 3. The molecule has 0 saturated carbocycles. The number of carbonyl (C=O) groups is 1. The summed E-state index contributed by atoms with van der Waals surface area (Å²) in [6, 6.07) is 7.01. The molecule has 0 aliphatic heterocycles. The van der Waals surface area contributed by atoms with Crippen molar-refractivity contribution in [2.75, 3.05) is 4.90 Å². The van der Waals surface area contributed by atoms with Gasteiger partial charge in [0.05, 0.1) is 12.1 Å². The number of rotatable bonds is 5. The first-order valence-electron chi connectivity index (χ1n) is 6.45. The van der Waals surface area contributed by atoms with Gasteiger partial charge in [-0.3, -0.25) is 4.79 Å². The summed E-state index contributed by atoms with van der Waals surface area (Å²) in [5.41, 5.74) is 7.24. The Hall–Kier alpha value is -2.81. The van der Waals surface area contributed by atoms with Crippen LogP contribution in [0.5, 0.6) is 0 Å². The standard InChI is InChI=1S/C15H18N4O2/c1-11(2)18-15(17)19(10-16)13-8-6-12(7-9-13)4-3-5-14(20)21/h3-4,6-9,11H,5H2,1-2H3,(H2,17,18)(H,20,21)/b4-3+. The lowest BCUT2D eigenvalue weighted by Gasteiger charge is -2.15. The second-order valence-electron chi connectivity index (χ2n) is 4.61. The maximum absolute atomic E-state index is 10.4. The molecule has 0 aliphatic carbocycles. The first kappa shape index (κ1) is 16.2. The van der Waals surface area contributed by atoms with E-state index in [-0.39, 0.29) is 18.4 Å². The van der Waals surface area contributed by atoms with E-state index in [1.807, 2.05) is 20.0 Å². The number of anilines is 1. The molecule has 0 heterocycles. The summed E-state index contributed by atoms with van der Waals surface area (Å²) >= 11 is 0. The van der Waals surface area contributed by atoms with Crippen molar-refractivity contribution in [2.24, 2.45) is 10.7 Å². The smallest absolute Gasteiger partial charge is 0.307 e. The average Bonchev–Trinajstić information content (AvgIpc) is 2.40. The van der Waals surface area contributed by atoms with E-state index in [0.29, 0.717) is 5.69 Å². The summed E-state index contributed by atoms with van der Waals surface area (Å²) in [6.07, 6.45) is 5.23. The van der Waals surface area contributed by atoms with Gasteiger partial charge in [-0.25, -0.2) is 9.89 Å². The van der Waals surface area contributed by atoms with Crippen LogP contribution in [0.4, 0.5) is 5.69 Å². The highest BCUT2D eigenvalue weighted by atomic mass is 16.4. The van der Waals surface area contributed by atoms with Gasteiger partial charge in [-0.05, 0) is 31.5 Å². The van der Waals surface area contributed by atoms with Crippen molar-refractivity contribution >= 4 is 23.7 Å². The fourth-order valence-corrected chi connectivity index (χ4v) is 1.59. The predicted molar refractivity (Wildman–Crippen MR) is 82.6 cm³/mol. The van der Waals surface area contributed by atoms with Gasteiger partial charge in [0.1, 0.15) is 0 Å². The number of nitrogens with two attached hydrogens (primary N) is 1. The van der Waals surface area contributed by atoms with Gasteiger partial charge in [-0.1, -0.05) is 24.3 Å². The SMILES string of the molecule is CC(C)N=C(N)N(C#N)c1ccc(/C=C/CC(=O)O)cc1. The lowest BCUT2D eigenvalue weighted by molar-refractivity contribution is -0.135. The van der Waals surface area contributed by atoms with Crippen molar-refractivity contribution in [2.45, 2.75) is 26.3 Å². The molecule has 1 aromatic rings. The minimum atomic E-state index is -0.879. The summed E-state index contributed by atoms with van der Waals surface area (Å²) in [5.74, 6) is -0.738. The van der Waals surface area contributed by atoms with Gasteiger partial charge in [0.25, 0.3) is 0 Å². The van der Waals surface area contributed by atoms with Crippen molar-refractivity contribution in [1.82, 2.24) is 0 Å². The van der Waals surface area contributed by atoms with Crippen molar-refractivity contribution in [3.63, 3.8) is 0 Å². The number of aliphatic carboxylic acids is 1. The van der Waals surface area contributed by atoms with E-state index in [9.17, 15) is 10.1 Å². The van der Waals surface area contributed by atoms with Crippen molar-refractivity contribution in [3.8, 4) is 6.19 Å². The summed E-state index contributed by atoms with van der Waals surface area (Å²) in [6.45, 7) is 3.75. The molecule has 21 heavy (non-hydrogen) atoms. The average molecular weight is 286 g/mol. The molecule has 0 atom stereocenters. The molecule has 110 valence electrons. The largest absolute Gasteiger partial charge is 0.481 e. The Morgan fingerprint density at radius 1 is 1.48 bits per heavy atom. The fourth-order valence-electron chi connectivity index (χ4n) is 1.59. The van der Waals surface area contributed by atoms with Crippen molar-refractivity contribution in [3.05, 3.63) is 35.9 Å². The number of carboxylic acid groups (broad SMARTS) is 1. The second-order valence-corrected chi connectivity index (χ2v) is 4.61. The first-order valence-corrected chi connectivity index (χ1v) is 6.45. The number of nitriles is 1. The fraction of sp³-hybridized carbons (Fsp3) is 0.267. The zero-order valence-corrected chi connectivity index (χ0v) is 12.0. The van der Waals surface area contributed by atoms with E-state index in [2.05, 4.69) is 4.99 Å². The summed E-state index contributed by atoms with van der Waals surface area (Å²) in [7, 11) is 0. The first-order chi connectivity index (χ1) is 9.93. The Bertz CT molecular complexity index is 583. The lowest BCUT2D eigenvalue weighted by atomic mass is 10.1. The Balaban J connectivity index is 2.88. The molecule has 6 nitrogen and oxygen atoms in total. The summed E-state index contributed by atoms with van der Waals surface area (Å²) in [5, 5.41) is 17.7. The van der Waals surface area contributed by atoms with E-state index >= 15 is 0 Å². The van der Waals surface area contributed by atoms with Crippen LogP contribution in [0.15, 0.2) is 35.3 Å². The van der Waals surface area contributed by atoms with Crippen LogP contribution in [0, 0.1) is 11.5 Å². The zero-order valence-electron chi connectivity index (χ0n) is 12.0. The minimum absolute atomic E-state index is 0.000856. The van der Waals surface area contributed by atoms with Gasteiger partial charge < -0.3 is 10.8 Å². The number of guanidine groups is 1. The molecule has 0 amide bonds.